The number of fused-ring (bicyclic) bond motifs is 1. The molecule has 0 bridgehead atoms. The van der Waals surface area contributed by atoms with Crippen LogP contribution in [0.4, 0.5) is 0 Å². The Balaban J connectivity index is 0.000000343. The van der Waals surface area contributed by atoms with Gasteiger partial charge in [-0.05, 0) is 55.2 Å². The second-order valence-electron chi connectivity index (χ2n) is 7.05. The lowest BCUT2D eigenvalue weighted by Gasteiger charge is -2.29. The standard InChI is InChI=1S/C19H20N2O2.C5H5N/c1-13-7-8-14-9-10-17(16(14)11-13)21(12-18(20)22)19(23)15-5-3-2-4-6-15;1-2-4-6-5-3-1/h2-8,11,17H,9-10,12H2,1H3,(H2,20,22);1-5H. The zero-order valence-corrected chi connectivity index (χ0v) is 16.5. The smallest absolute Gasteiger partial charge is 0.254 e. The molecule has 2 aromatic carbocycles. The third-order valence-electron chi connectivity index (χ3n) is 4.90. The molecule has 0 radical (unpaired) electrons. The van der Waals surface area contributed by atoms with Crippen LogP contribution >= 0.6 is 0 Å². The summed E-state index contributed by atoms with van der Waals surface area (Å²) in [5.74, 6) is -0.640. The fraction of sp³-hybridized carbons (Fsp3) is 0.208. The largest absolute Gasteiger partial charge is 0.368 e. The van der Waals surface area contributed by atoms with Gasteiger partial charge in [0, 0.05) is 18.0 Å². The second-order valence-corrected chi connectivity index (χ2v) is 7.05. The number of hydrogen-bond acceptors (Lipinski definition) is 3. The number of rotatable bonds is 4. The molecule has 1 unspecified atom stereocenters. The van der Waals surface area contributed by atoms with Crippen molar-refractivity contribution in [1.82, 2.24) is 9.88 Å². The molecular formula is C24H25N3O2. The molecule has 1 heterocycles. The minimum Gasteiger partial charge on any atom is -0.368 e. The van der Waals surface area contributed by atoms with Crippen molar-refractivity contribution in [3.8, 4) is 0 Å². The summed E-state index contributed by atoms with van der Waals surface area (Å²) >= 11 is 0. The van der Waals surface area contributed by atoms with E-state index in [4.69, 9.17) is 5.73 Å². The van der Waals surface area contributed by atoms with Gasteiger partial charge in [-0.15, -0.1) is 0 Å². The van der Waals surface area contributed by atoms with Crippen LogP contribution in [0, 0.1) is 6.92 Å². The van der Waals surface area contributed by atoms with Gasteiger partial charge < -0.3 is 10.6 Å². The molecule has 29 heavy (non-hydrogen) atoms. The molecule has 2 N–H and O–H groups in total. The number of aryl methyl sites for hydroxylation is 2. The topological polar surface area (TPSA) is 76.3 Å². The molecule has 1 aliphatic carbocycles. The quantitative estimate of drug-likeness (QED) is 0.742. The fourth-order valence-electron chi connectivity index (χ4n) is 3.57. The summed E-state index contributed by atoms with van der Waals surface area (Å²) in [6.45, 7) is 1.97. The number of pyridine rings is 1. The number of carbonyl (C=O) groups is 2. The van der Waals surface area contributed by atoms with Gasteiger partial charge in [-0.3, -0.25) is 14.6 Å². The molecule has 0 aliphatic heterocycles. The van der Waals surface area contributed by atoms with Gasteiger partial charge >= 0.3 is 0 Å². The molecule has 1 atom stereocenters. The average Bonchev–Trinajstić information content (AvgIpc) is 3.16. The SMILES string of the molecule is Cc1ccc2c(c1)C(N(CC(N)=O)C(=O)c1ccccc1)CC2.c1ccncc1. The lowest BCUT2D eigenvalue weighted by Crippen LogP contribution is -2.40. The van der Waals surface area contributed by atoms with E-state index in [9.17, 15) is 9.59 Å². The van der Waals surface area contributed by atoms with Crippen LogP contribution in [-0.4, -0.2) is 28.2 Å². The third kappa shape index (κ3) is 5.29. The molecule has 1 aliphatic rings. The highest BCUT2D eigenvalue weighted by Gasteiger charge is 2.32. The van der Waals surface area contributed by atoms with E-state index >= 15 is 0 Å². The molecule has 148 valence electrons. The van der Waals surface area contributed by atoms with Gasteiger partial charge in [0.1, 0.15) is 6.54 Å². The van der Waals surface area contributed by atoms with Crippen LogP contribution in [0.15, 0.2) is 79.1 Å². The summed E-state index contributed by atoms with van der Waals surface area (Å²) in [5, 5.41) is 0. The number of benzene rings is 2. The first-order valence-electron chi connectivity index (χ1n) is 9.65. The number of hydrogen-bond donors (Lipinski definition) is 1. The average molecular weight is 387 g/mol. The summed E-state index contributed by atoms with van der Waals surface area (Å²) in [6, 6.07) is 21.0. The molecule has 0 fully saturated rings. The molecule has 1 aromatic heterocycles. The van der Waals surface area contributed by atoms with E-state index in [-0.39, 0.29) is 18.5 Å². The minimum atomic E-state index is -0.490. The van der Waals surface area contributed by atoms with Gasteiger partial charge in [0.15, 0.2) is 0 Å². The first-order chi connectivity index (χ1) is 14.1. The van der Waals surface area contributed by atoms with E-state index in [1.54, 1.807) is 29.4 Å². The number of amides is 2. The number of nitrogens with zero attached hydrogens (tertiary/aromatic N) is 2. The Morgan fingerprint density at radius 3 is 2.31 bits per heavy atom. The Kier molecular flexibility index (Phi) is 6.74. The lowest BCUT2D eigenvalue weighted by atomic mass is 10.0. The van der Waals surface area contributed by atoms with Gasteiger partial charge in [-0.2, -0.15) is 0 Å². The summed E-state index contributed by atoms with van der Waals surface area (Å²) < 4.78 is 0. The van der Waals surface area contributed by atoms with Crippen LogP contribution in [0.1, 0.15) is 39.5 Å². The maximum absolute atomic E-state index is 12.9. The van der Waals surface area contributed by atoms with Crippen molar-refractivity contribution in [3.63, 3.8) is 0 Å². The maximum atomic E-state index is 12.9. The summed E-state index contributed by atoms with van der Waals surface area (Å²) in [5.41, 5.74) is 9.51. The van der Waals surface area contributed by atoms with Gasteiger partial charge in [-0.25, -0.2) is 0 Å². The number of primary amides is 1. The first-order valence-corrected chi connectivity index (χ1v) is 9.65. The molecule has 5 nitrogen and oxygen atoms in total. The van der Waals surface area contributed by atoms with E-state index in [0.29, 0.717) is 5.56 Å². The Morgan fingerprint density at radius 1 is 1.03 bits per heavy atom. The van der Waals surface area contributed by atoms with E-state index in [1.165, 1.54) is 5.56 Å². The van der Waals surface area contributed by atoms with E-state index in [0.717, 1.165) is 24.0 Å². The molecule has 2 amide bonds. The summed E-state index contributed by atoms with van der Waals surface area (Å²) in [4.78, 5) is 29.8. The molecule has 5 heteroatoms. The summed E-state index contributed by atoms with van der Waals surface area (Å²) in [6.07, 6.45) is 5.24. The predicted octanol–water partition coefficient (Wildman–Crippen LogP) is 3.69. The van der Waals surface area contributed by atoms with Gasteiger partial charge in [-0.1, -0.05) is 48.0 Å². The molecule has 3 aromatic rings. The number of aromatic nitrogens is 1. The van der Waals surface area contributed by atoms with Crippen LogP contribution in [0.5, 0.6) is 0 Å². The number of nitrogens with two attached hydrogens (primary N) is 1. The normalized spacial score (nSPS) is 14.3. The van der Waals surface area contributed by atoms with Crippen molar-refractivity contribution in [2.45, 2.75) is 25.8 Å². The van der Waals surface area contributed by atoms with Crippen LogP contribution in [0.2, 0.25) is 0 Å². The Morgan fingerprint density at radius 2 is 1.72 bits per heavy atom. The molecule has 0 spiro atoms. The van der Waals surface area contributed by atoms with Crippen LogP contribution < -0.4 is 5.73 Å². The van der Waals surface area contributed by atoms with Crippen molar-refractivity contribution in [3.05, 3.63) is 101 Å². The van der Waals surface area contributed by atoms with Crippen molar-refractivity contribution < 1.29 is 9.59 Å². The van der Waals surface area contributed by atoms with E-state index in [1.807, 2.05) is 43.3 Å². The highest BCUT2D eigenvalue weighted by molar-refractivity contribution is 5.96. The van der Waals surface area contributed by atoms with Gasteiger partial charge in [0.05, 0.1) is 6.04 Å². The summed E-state index contributed by atoms with van der Waals surface area (Å²) in [7, 11) is 0. The lowest BCUT2D eigenvalue weighted by molar-refractivity contribution is -0.119. The third-order valence-corrected chi connectivity index (χ3v) is 4.90. The van der Waals surface area contributed by atoms with E-state index in [2.05, 4.69) is 23.2 Å². The van der Waals surface area contributed by atoms with Crippen LogP contribution in [-0.2, 0) is 11.2 Å². The zero-order chi connectivity index (χ0) is 20.6. The molecule has 4 rings (SSSR count). The monoisotopic (exact) mass is 387 g/mol. The predicted molar refractivity (Wildman–Crippen MR) is 113 cm³/mol. The first kappa shape index (κ1) is 20.3. The number of carbonyl (C=O) groups excluding carboxylic acids is 2. The minimum absolute atomic E-state index is 0.0637. The molecule has 0 saturated heterocycles. The van der Waals surface area contributed by atoms with Crippen molar-refractivity contribution in [1.29, 1.82) is 0 Å². The Labute approximate surface area is 171 Å². The van der Waals surface area contributed by atoms with Gasteiger partial charge in [0.2, 0.25) is 5.91 Å². The molecule has 0 saturated carbocycles. The van der Waals surface area contributed by atoms with Crippen LogP contribution in [0.3, 0.4) is 0 Å². The van der Waals surface area contributed by atoms with Crippen molar-refractivity contribution >= 4 is 11.8 Å². The maximum Gasteiger partial charge on any atom is 0.254 e. The zero-order valence-electron chi connectivity index (χ0n) is 16.5. The highest BCUT2D eigenvalue weighted by Crippen LogP contribution is 2.36. The highest BCUT2D eigenvalue weighted by atomic mass is 16.2. The van der Waals surface area contributed by atoms with Crippen molar-refractivity contribution in [2.75, 3.05) is 6.54 Å². The van der Waals surface area contributed by atoms with E-state index < -0.39 is 5.91 Å². The fourth-order valence-corrected chi connectivity index (χ4v) is 3.57. The van der Waals surface area contributed by atoms with Crippen molar-refractivity contribution in [2.24, 2.45) is 5.73 Å². The second kappa shape index (κ2) is 9.64. The molecular weight excluding hydrogens is 362 g/mol. The Hall–Kier alpha value is -3.47. The van der Waals surface area contributed by atoms with Crippen LogP contribution in [0.25, 0.3) is 0 Å². The Bertz CT molecular complexity index is 932. The van der Waals surface area contributed by atoms with Gasteiger partial charge in [0.25, 0.3) is 5.91 Å².